The molecule has 4 nitrogen and oxygen atoms in total. The number of carbonyl (C=O) groups is 1. The van der Waals surface area contributed by atoms with Crippen LogP contribution in [0.5, 0.6) is 0 Å². The summed E-state index contributed by atoms with van der Waals surface area (Å²) in [5.74, 6) is -0.204. The van der Waals surface area contributed by atoms with Gasteiger partial charge in [-0.1, -0.05) is 17.7 Å². The lowest BCUT2D eigenvalue weighted by Crippen LogP contribution is -2.23. The van der Waals surface area contributed by atoms with Crippen molar-refractivity contribution in [2.75, 3.05) is 5.73 Å². The molecule has 1 aromatic heterocycles. The van der Waals surface area contributed by atoms with Gasteiger partial charge < -0.3 is 11.1 Å². The van der Waals surface area contributed by atoms with Crippen LogP contribution in [-0.2, 0) is 6.54 Å². The Kier molecular flexibility index (Phi) is 4.02. The summed E-state index contributed by atoms with van der Waals surface area (Å²) in [7, 11) is 0. The van der Waals surface area contributed by atoms with Gasteiger partial charge in [0.2, 0.25) is 0 Å². The third-order valence-electron chi connectivity index (χ3n) is 2.64. The maximum Gasteiger partial charge on any atom is 0.251 e. The van der Waals surface area contributed by atoms with Crippen molar-refractivity contribution in [1.82, 2.24) is 10.3 Å². The van der Waals surface area contributed by atoms with Gasteiger partial charge in [-0.3, -0.25) is 9.78 Å². The Morgan fingerprint density at radius 3 is 2.84 bits per heavy atom. The van der Waals surface area contributed by atoms with Gasteiger partial charge in [-0.05, 0) is 37.3 Å². The standard InChI is InChI=1S/C14H14ClN3O/c1-9-3-2-4-11(18-9)8-17-14(19)10-5-6-13(16)12(15)7-10/h2-7H,8,16H2,1H3,(H,17,19). The normalized spacial score (nSPS) is 10.2. The molecular formula is C14H14ClN3O. The summed E-state index contributed by atoms with van der Waals surface area (Å²) in [6, 6.07) is 10.5. The van der Waals surface area contributed by atoms with Crippen molar-refractivity contribution in [2.24, 2.45) is 0 Å². The molecule has 1 aromatic carbocycles. The van der Waals surface area contributed by atoms with E-state index in [1.54, 1.807) is 18.2 Å². The number of benzene rings is 1. The predicted octanol–water partition coefficient (Wildman–Crippen LogP) is 2.56. The fourth-order valence-electron chi connectivity index (χ4n) is 1.64. The van der Waals surface area contributed by atoms with E-state index >= 15 is 0 Å². The summed E-state index contributed by atoms with van der Waals surface area (Å²) in [5.41, 5.74) is 8.27. The molecule has 1 amide bonds. The second-order valence-electron chi connectivity index (χ2n) is 4.19. The van der Waals surface area contributed by atoms with Crippen LogP contribution in [0.25, 0.3) is 0 Å². The molecule has 1 heterocycles. The summed E-state index contributed by atoms with van der Waals surface area (Å²) in [5, 5.41) is 3.16. The number of hydrogen-bond acceptors (Lipinski definition) is 3. The molecule has 98 valence electrons. The van der Waals surface area contributed by atoms with Crippen molar-refractivity contribution < 1.29 is 4.79 Å². The highest BCUT2D eigenvalue weighted by Crippen LogP contribution is 2.19. The molecule has 19 heavy (non-hydrogen) atoms. The van der Waals surface area contributed by atoms with Crippen LogP contribution in [0.2, 0.25) is 5.02 Å². The van der Waals surface area contributed by atoms with Crippen LogP contribution in [0.1, 0.15) is 21.7 Å². The van der Waals surface area contributed by atoms with Gasteiger partial charge in [0, 0.05) is 11.3 Å². The van der Waals surface area contributed by atoms with Gasteiger partial charge in [0.25, 0.3) is 5.91 Å². The summed E-state index contributed by atoms with van der Waals surface area (Å²) in [6.07, 6.45) is 0. The van der Waals surface area contributed by atoms with E-state index in [0.717, 1.165) is 11.4 Å². The number of anilines is 1. The van der Waals surface area contributed by atoms with Crippen LogP contribution >= 0.6 is 11.6 Å². The number of rotatable bonds is 3. The lowest BCUT2D eigenvalue weighted by molar-refractivity contribution is 0.0950. The molecular weight excluding hydrogens is 262 g/mol. The first-order chi connectivity index (χ1) is 9.06. The van der Waals surface area contributed by atoms with Gasteiger partial charge in [-0.25, -0.2) is 0 Å². The maximum absolute atomic E-state index is 11.9. The number of nitrogens with zero attached hydrogens (tertiary/aromatic N) is 1. The number of nitrogens with one attached hydrogen (secondary N) is 1. The highest BCUT2D eigenvalue weighted by atomic mass is 35.5. The van der Waals surface area contributed by atoms with Crippen LogP contribution in [0, 0.1) is 6.92 Å². The minimum Gasteiger partial charge on any atom is -0.398 e. The number of nitrogen functional groups attached to an aromatic ring is 1. The van der Waals surface area contributed by atoms with Crippen LogP contribution in [0.4, 0.5) is 5.69 Å². The van der Waals surface area contributed by atoms with Crippen molar-refractivity contribution in [3.05, 3.63) is 58.4 Å². The zero-order valence-electron chi connectivity index (χ0n) is 10.5. The summed E-state index contributed by atoms with van der Waals surface area (Å²) in [4.78, 5) is 16.2. The van der Waals surface area contributed by atoms with E-state index in [1.165, 1.54) is 0 Å². The molecule has 0 atom stereocenters. The van der Waals surface area contributed by atoms with Crippen molar-refractivity contribution in [2.45, 2.75) is 13.5 Å². The molecule has 0 spiro atoms. The third-order valence-corrected chi connectivity index (χ3v) is 2.97. The zero-order chi connectivity index (χ0) is 13.8. The highest BCUT2D eigenvalue weighted by molar-refractivity contribution is 6.33. The lowest BCUT2D eigenvalue weighted by Gasteiger charge is -2.06. The fourth-order valence-corrected chi connectivity index (χ4v) is 1.82. The van der Waals surface area contributed by atoms with E-state index in [1.807, 2.05) is 25.1 Å². The molecule has 2 rings (SSSR count). The summed E-state index contributed by atoms with van der Waals surface area (Å²) < 4.78 is 0. The Labute approximate surface area is 116 Å². The van der Waals surface area contributed by atoms with E-state index < -0.39 is 0 Å². The second kappa shape index (κ2) is 5.71. The fraction of sp³-hybridized carbons (Fsp3) is 0.143. The van der Waals surface area contributed by atoms with E-state index in [2.05, 4.69) is 10.3 Å². The molecule has 2 aromatic rings. The van der Waals surface area contributed by atoms with Crippen LogP contribution in [-0.4, -0.2) is 10.9 Å². The Morgan fingerprint density at radius 2 is 2.16 bits per heavy atom. The summed E-state index contributed by atoms with van der Waals surface area (Å²) in [6.45, 7) is 2.29. The molecule has 0 bridgehead atoms. The molecule has 0 saturated heterocycles. The van der Waals surface area contributed by atoms with Crippen molar-refractivity contribution in [3.63, 3.8) is 0 Å². The number of hydrogen-bond donors (Lipinski definition) is 2. The van der Waals surface area contributed by atoms with E-state index in [4.69, 9.17) is 17.3 Å². The second-order valence-corrected chi connectivity index (χ2v) is 4.60. The predicted molar refractivity (Wildman–Crippen MR) is 76.0 cm³/mol. The number of aromatic nitrogens is 1. The van der Waals surface area contributed by atoms with E-state index in [-0.39, 0.29) is 5.91 Å². The molecule has 0 aliphatic carbocycles. The van der Waals surface area contributed by atoms with Gasteiger partial charge in [0.05, 0.1) is 22.9 Å². The zero-order valence-corrected chi connectivity index (χ0v) is 11.2. The monoisotopic (exact) mass is 275 g/mol. The summed E-state index contributed by atoms with van der Waals surface area (Å²) >= 11 is 5.88. The molecule has 0 saturated carbocycles. The molecule has 0 unspecified atom stereocenters. The minimum absolute atomic E-state index is 0.204. The van der Waals surface area contributed by atoms with Gasteiger partial charge in [0.15, 0.2) is 0 Å². The Hall–Kier alpha value is -2.07. The molecule has 0 fully saturated rings. The third kappa shape index (κ3) is 3.45. The SMILES string of the molecule is Cc1cccc(CNC(=O)c2ccc(N)c(Cl)c2)n1. The van der Waals surface area contributed by atoms with Crippen LogP contribution in [0.3, 0.4) is 0 Å². The first-order valence-corrected chi connectivity index (χ1v) is 6.20. The van der Waals surface area contributed by atoms with Gasteiger partial charge in [-0.15, -0.1) is 0 Å². The first kappa shape index (κ1) is 13.4. The van der Waals surface area contributed by atoms with Crippen molar-refractivity contribution in [3.8, 4) is 0 Å². The molecule has 0 aliphatic heterocycles. The van der Waals surface area contributed by atoms with Crippen LogP contribution in [0.15, 0.2) is 36.4 Å². The minimum atomic E-state index is -0.204. The molecule has 5 heteroatoms. The number of carbonyl (C=O) groups excluding carboxylic acids is 1. The highest BCUT2D eigenvalue weighted by Gasteiger charge is 2.07. The Balaban J connectivity index is 2.03. The van der Waals surface area contributed by atoms with Crippen LogP contribution < -0.4 is 11.1 Å². The quantitative estimate of drug-likeness (QED) is 0.846. The average molecular weight is 276 g/mol. The van der Waals surface area contributed by atoms with E-state index in [0.29, 0.717) is 22.8 Å². The lowest BCUT2D eigenvalue weighted by atomic mass is 10.2. The Morgan fingerprint density at radius 1 is 1.37 bits per heavy atom. The number of nitrogens with two attached hydrogens (primary N) is 1. The van der Waals surface area contributed by atoms with E-state index in [9.17, 15) is 4.79 Å². The molecule has 0 radical (unpaired) electrons. The smallest absolute Gasteiger partial charge is 0.251 e. The number of halogens is 1. The Bertz CT molecular complexity index is 613. The average Bonchev–Trinajstić information content (AvgIpc) is 2.39. The first-order valence-electron chi connectivity index (χ1n) is 5.82. The number of amides is 1. The number of aryl methyl sites for hydroxylation is 1. The largest absolute Gasteiger partial charge is 0.398 e. The topological polar surface area (TPSA) is 68.0 Å². The van der Waals surface area contributed by atoms with Gasteiger partial charge in [-0.2, -0.15) is 0 Å². The molecule has 3 N–H and O–H groups in total. The molecule has 0 aliphatic rings. The van der Waals surface area contributed by atoms with Crippen molar-refractivity contribution >= 4 is 23.2 Å². The van der Waals surface area contributed by atoms with Gasteiger partial charge >= 0.3 is 0 Å². The number of pyridine rings is 1. The maximum atomic E-state index is 11.9. The van der Waals surface area contributed by atoms with Gasteiger partial charge in [0.1, 0.15) is 0 Å². The van der Waals surface area contributed by atoms with Crippen molar-refractivity contribution in [1.29, 1.82) is 0 Å².